The first-order valence-electron chi connectivity index (χ1n) is 10.7. The topological polar surface area (TPSA) is 111 Å². The van der Waals surface area contributed by atoms with Crippen LogP contribution in [0.5, 0.6) is 0 Å². The van der Waals surface area contributed by atoms with Gasteiger partial charge in [-0.2, -0.15) is 0 Å². The van der Waals surface area contributed by atoms with Gasteiger partial charge < -0.3 is 15.4 Å². The van der Waals surface area contributed by atoms with E-state index >= 15 is 4.39 Å². The summed E-state index contributed by atoms with van der Waals surface area (Å²) in [5.41, 5.74) is 8.03. The van der Waals surface area contributed by atoms with Gasteiger partial charge in [0.2, 0.25) is 0 Å². The highest BCUT2D eigenvalue weighted by atomic mass is 19.2. The van der Waals surface area contributed by atoms with Crippen molar-refractivity contribution in [1.29, 1.82) is 0 Å². The van der Waals surface area contributed by atoms with Gasteiger partial charge >= 0.3 is 5.97 Å². The molecule has 0 aliphatic heterocycles. The summed E-state index contributed by atoms with van der Waals surface area (Å²) in [6.07, 6.45) is 4.72. The second kappa shape index (κ2) is 10.1. The summed E-state index contributed by atoms with van der Waals surface area (Å²) in [5, 5.41) is 9.13. The molecule has 0 unspecified atom stereocenters. The number of carboxylic acids is 1. The second-order valence-electron chi connectivity index (χ2n) is 8.18. The fourth-order valence-corrected chi connectivity index (χ4v) is 4.18. The van der Waals surface area contributed by atoms with Crippen LogP contribution in [0.1, 0.15) is 55.9 Å². The molecule has 4 aromatic rings. The van der Waals surface area contributed by atoms with Gasteiger partial charge in [-0.25, -0.2) is 13.6 Å². The molecule has 0 amide bonds. The molecule has 0 bridgehead atoms. The molecular formula is C27H26F2N4O3. The maximum absolute atomic E-state index is 15.0. The largest absolute Gasteiger partial charge is 0.478 e. The van der Waals surface area contributed by atoms with E-state index in [1.807, 2.05) is 19.1 Å². The van der Waals surface area contributed by atoms with Crippen LogP contribution in [0.3, 0.4) is 0 Å². The molecule has 0 fully saturated rings. The Morgan fingerprint density at radius 1 is 1.06 bits per heavy atom. The summed E-state index contributed by atoms with van der Waals surface area (Å²) in [5.74, 6) is -4.55. The number of allylic oxidation sites excluding steroid dienone is 2. The molecule has 1 aromatic carbocycles. The quantitative estimate of drug-likeness (QED) is 0.339. The summed E-state index contributed by atoms with van der Waals surface area (Å²) >= 11 is 0. The Labute approximate surface area is 206 Å². The normalized spacial score (nSPS) is 12.6. The van der Waals surface area contributed by atoms with E-state index in [1.54, 1.807) is 36.0 Å². The maximum Gasteiger partial charge on any atom is 0.338 e. The van der Waals surface area contributed by atoms with Crippen molar-refractivity contribution < 1.29 is 23.5 Å². The van der Waals surface area contributed by atoms with Gasteiger partial charge in [-0.3, -0.25) is 14.8 Å². The number of ketones is 1. The molecule has 0 radical (unpaired) electrons. The van der Waals surface area contributed by atoms with Crippen molar-refractivity contribution in [2.24, 2.45) is 5.73 Å². The number of aromatic carboxylic acids is 1. The monoisotopic (exact) mass is 492 g/mol. The lowest BCUT2D eigenvalue weighted by Gasteiger charge is -2.15. The number of pyridine rings is 2. The molecule has 4 rings (SSSR count). The standard InChI is InChI=1S/C26H22F2N4O3.CH4/c1-13(29)22(15(3)33)16-10-21-25(31-11-16)19(12-32(21)14(2)20-6-4-5-9-30-20)17-7-8-18(26(34)35)24(28)23(17)27;/h4-12,14H,29H2,1-3H3,(H,34,35);1H4/t14-;/m0./s1. The number of carboxylic acid groups (broad SMARTS) is 1. The van der Waals surface area contributed by atoms with Gasteiger partial charge in [0.25, 0.3) is 0 Å². The number of carbonyl (C=O) groups is 2. The summed E-state index contributed by atoms with van der Waals surface area (Å²) in [7, 11) is 0. The molecular weight excluding hydrogens is 466 g/mol. The number of fused-ring (bicyclic) bond motifs is 1. The van der Waals surface area contributed by atoms with Crippen molar-refractivity contribution in [1.82, 2.24) is 14.5 Å². The van der Waals surface area contributed by atoms with Crippen LogP contribution in [0, 0.1) is 11.6 Å². The minimum absolute atomic E-state index is 0. The SMILES string of the molecule is C.CC(=O)C(=C(C)N)c1cnc2c(-c3ccc(C(=O)O)c(F)c3F)cn([C@@H](C)c3ccccn3)c2c1. The van der Waals surface area contributed by atoms with E-state index in [4.69, 9.17) is 10.8 Å². The number of halogens is 2. The fourth-order valence-electron chi connectivity index (χ4n) is 4.18. The molecule has 3 heterocycles. The van der Waals surface area contributed by atoms with E-state index in [-0.39, 0.29) is 30.4 Å². The van der Waals surface area contributed by atoms with E-state index in [9.17, 15) is 14.0 Å². The summed E-state index contributed by atoms with van der Waals surface area (Å²) in [4.78, 5) is 32.3. The summed E-state index contributed by atoms with van der Waals surface area (Å²) < 4.78 is 31.4. The minimum Gasteiger partial charge on any atom is -0.478 e. The van der Waals surface area contributed by atoms with E-state index in [0.29, 0.717) is 33.6 Å². The van der Waals surface area contributed by atoms with Gasteiger partial charge in [-0.15, -0.1) is 0 Å². The Morgan fingerprint density at radius 2 is 1.78 bits per heavy atom. The molecule has 3 N–H and O–H groups in total. The van der Waals surface area contributed by atoms with Gasteiger partial charge in [0.1, 0.15) is 0 Å². The number of nitrogens with two attached hydrogens (primary N) is 1. The van der Waals surface area contributed by atoms with Crippen LogP contribution in [0.15, 0.2) is 60.7 Å². The number of hydrogen-bond acceptors (Lipinski definition) is 5. The van der Waals surface area contributed by atoms with Gasteiger partial charge in [-0.1, -0.05) is 19.6 Å². The first-order chi connectivity index (χ1) is 16.6. The Morgan fingerprint density at radius 3 is 2.36 bits per heavy atom. The second-order valence-corrected chi connectivity index (χ2v) is 8.18. The van der Waals surface area contributed by atoms with Crippen LogP contribution in [0.4, 0.5) is 8.78 Å². The van der Waals surface area contributed by atoms with Crippen LogP contribution in [-0.4, -0.2) is 31.4 Å². The molecule has 9 heteroatoms. The number of Topliss-reactive ketones (excluding diaryl/α,β-unsaturated/α-hetero) is 1. The number of carbonyl (C=O) groups excluding carboxylic acids is 1. The van der Waals surface area contributed by atoms with Crippen molar-refractivity contribution in [3.63, 3.8) is 0 Å². The van der Waals surface area contributed by atoms with E-state index in [1.165, 1.54) is 19.2 Å². The third-order valence-electron chi connectivity index (χ3n) is 5.84. The van der Waals surface area contributed by atoms with Gasteiger partial charge in [0.05, 0.1) is 28.3 Å². The molecule has 0 saturated heterocycles. The zero-order valence-corrected chi connectivity index (χ0v) is 19.2. The van der Waals surface area contributed by atoms with Crippen LogP contribution in [0.25, 0.3) is 27.7 Å². The molecule has 1 atom stereocenters. The van der Waals surface area contributed by atoms with Crippen LogP contribution in [-0.2, 0) is 4.79 Å². The highest BCUT2D eigenvalue weighted by Crippen LogP contribution is 2.36. The molecule has 7 nitrogen and oxygen atoms in total. The predicted molar refractivity (Wildman–Crippen MR) is 134 cm³/mol. The molecule has 0 aliphatic rings. The van der Waals surface area contributed by atoms with Crippen LogP contribution >= 0.6 is 0 Å². The third-order valence-corrected chi connectivity index (χ3v) is 5.84. The molecule has 3 aromatic heterocycles. The Hall–Kier alpha value is -4.40. The average Bonchev–Trinajstić information content (AvgIpc) is 3.19. The third kappa shape index (κ3) is 4.47. The number of benzene rings is 1. The van der Waals surface area contributed by atoms with Crippen molar-refractivity contribution in [3.8, 4) is 11.1 Å². The van der Waals surface area contributed by atoms with Crippen LogP contribution < -0.4 is 5.73 Å². The van der Waals surface area contributed by atoms with Gasteiger partial charge in [0.15, 0.2) is 17.4 Å². The molecule has 0 saturated carbocycles. The smallest absolute Gasteiger partial charge is 0.338 e. The van der Waals surface area contributed by atoms with Crippen molar-refractivity contribution in [2.75, 3.05) is 0 Å². The maximum atomic E-state index is 15.0. The zero-order valence-electron chi connectivity index (χ0n) is 19.2. The Kier molecular flexibility index (Phi) is 7.33. The summed E-state index contributed by atoms with van der Waals surface area (Å²) in [6, 6.07) is 9.07. The highest BCUT2D eigenvalue weighted by molar-refractivity contribution is 6.20. The lowest BCUT2D eigenvalue weighted by Crippen LogP contribution is -2.08. The van der Waals surface area contributed by atoms with Crippen molar-refractivity contribution in [3.05, 3.63) is 89.1 Å². The molecule has 0 aliphatic carbocycles. The molecule has 36 heavy (non-hydrogen) atoms. The van der Waals surface area contributed by atoms with Crippen molar-refractivity contribution in [2.45, 2.75) is 34.2 Å². The Bertz CT molecular complexity index is 1510. The highest BCUT2D eigenvalue weighted by Gasteiger charge is 2.24. The van der Waals surface area contributed by atoms with Crippen molar-refractivity contribution >= 4 is 28.4 Å². The molecule has 0 spiro atoms. The minimum atomic E-state index is -1.57. The summed E-state index contributed by atoms with van der Waals surface area (Å²) in [6.45, 7) is 4.90. The van der Waals surface area contributed by atoms with E-state index < -0.39 is 23.2 Å². The van der Waals surface area contributed by atoms with Gasteiger partial charge in [0, 0.05) is 46.6 Å². The number of hydrogen-bond donors (Lipinski definition) is 2. The fraction of sp³-hybridized carbons (Fsp3) is 0.185. The van der Waals surface area contributed by atoms with E-state index in [2.05, 4.69) is 9.97 Å². The molecule has 186 valence electrons. The zero-order chi connectivity index (χ0) is 25.4. The number of rotatable bonds is 6. The Balaban J connectivity index is 0.00000361. The van der Waals surface area contributed by atoms with Gasteiger partial charge in [-0.05, 0) is 45.0 Å². The average molecular weight is 493 g/mol. The first-order valence-corrected chi connectivity index (χ1v) is 10.7. The predicted octanol–water partition coefficient (Wildman–Crippen LogP) is 5.60. The number of aromatic nitrogens is 3. The lowest BCUT2D eigenvalue weighted by molar-refractivity contribution is -0.111. The number of nitrogens with zero attached hydrogens (tertiary/aromatic N) is 3. The van der Waals surface area contributed by atoms with Crippen LogP contribution in [0.2, 0.25) is 0 Å². The van der Waals surface area contributed by atoms with E-state index in [0.717, 1.165) is 6.07 Å². The lowest BCUT2D eigenvalue weighted by atomic mass is 10.0. The first kappa shape index (κ1) is 26.2.